The maximum atomic E-state index is 13.2. The van der Waals surface area contributed by atoms with E-state index in [1.165, 1.54) is 6.92 Å². The van der Waals surface area contributed by atoms with E-state index in [1.807, 2.05) is 19.1 Å². The minimum atomic E-state index is -4.60. The molecule has 0 aliphatic carbocycles. The van der Waals surface area contributed by atoms with Crippen molar-refractivity contribution in [3.8, 4) is 5.75 Å². The lowest BCUT2D eigenvalue weighted by molar-refractivity contribution is -0.168. The molecule has 1 aliphatic rings. The van der Waals surface area contributed by atoms with Crippen LogP contribution in [0, 0.1) is 12.8 Å². The fourth-order valence-corrected chi connectivity index (χ4v) is 4.07. The third kappa shape index (κ3) is 6.85. The smallest absolute Gasteiger partial charge is 0.406 e. The van der Waals surface area contributed by atoms with Gasteiger partial charge in [-0.15, -0.1) is 0 Å². The molecule has 2 heterocycles. The van der Waals surface area contributed by atoms with Gasteiger partial charge in [0.1, 0.15) is 18.1 Å². The third-order valence-corrected chi connectivity index (χ3v) is 5.72. The van der Waals surface area contributed by atoms with Gasteiger partial charge in [0.15, 0.2) is 0 Å². The molecule has 10 heteroatoms. The number of amides is 1. The van der Waals surface area contributed by atoms with Crippen LogP contribution in [0.5, 0.6) is 5.75 Å². The van der Waals surface area contributed by atoms with Crippen molar-refractivity contribution in [2.75, 3.05) is 25.0 Å². The van der Waals surface area contributed by atoms with Crippen LogP contribution in [0.2, 0.25) is 0 Å². The van der Waals surface area contributed by atoms with Crippen LogP contribution in [0.3, 0.4) is 0 Å². The summed E-state index contributed by atoms with van der Waals surface area (Å²) in [5.74, 6) is -1.84. The number of benzene rings is 1. The van der Waals surface area contributed by atoms with Crippen molar-refractivity contribution in [1.82, 2.24) is 9.88 Å². The molecule has 0 radical (unpaired) electrons. The fourth-order valence-electron chi connectivity index (χ4n) is 4.07. The number of ether oxygens (including phenoxy) is 1. The Kier molecular flexibility index (Phi) is 8.01. The second-order valence-electron chi connectivity index (χ2n) is 8.46. The quantitative estimate of drug-likeness (QED) is 0.519. The lowest BCUT2D eigenvalue weighted by atomic mass is 9.93. The van der Waals surface area contributed by atoms with Crippen molar-refractivity contribution < 1.29 is 32.6 Å². The lowest BCUT2D eigenvalue weighted by Gasteiger charge is -2.30. The summed E-state index contributed by atoms with van der Waals surface area (Å²) in [5.41, 5.74) is 2.28. The minimum Gasteiger partial charge on any atom is -0.494 e. The van der Waals surface area contributed by atoms with E-state index in [2.05, 4.69) is 10.3 Å². The van der Waals surface area contributed by atoms with E-state index in [4.69, 9.17) is 9.84 Å². The summed E-state index contributed by atoms with van der Waals surface area (Å²) in [7, 11) is 0. The standard InChI is InChI=1S/C24H28F3N3O4/c1-15-6-8-29-21(10-15)28-7-3-9-34-19-5-4-17-11-18(12-22(31)32)23(33)30(14-24(25,26)27)16(2)20(17)13-19/h4-6,8,10,13,16,18H,3,7,9,11-12,14H2,1-2H3,(H,28,29)(H,31,32)/t16-,18?/m0/s1. The predicted octanol–water partition coefficient (Wildman–Crippen LogP) is 4.37. The molecular formula is C24H28F3N3O4. The molecule has 2 atom stereocenters. The Labute approximate surface area is 195 Å². The number of pyridine rings is 1. The molecule has 0 saturated heterocycles. The highest BCUT2D eigenvalue weighted by Gasteiger charge is 2.41. The molecule has 2 aromatic rings. The van der Waals surface area contributed by atoms with E-state index in [-0.39, 0.29) is 6.42 Å². The number of aryl methyl sites for hydroxylation is 1. The van der Waals surface area contributed by atoms with E-state index < -0.39 is 43.0 Å². The van der Waals surface area contributed by atoms with E-state index >= 15 is 0 Å². The summed E-state index contributed by atoms with van der Waals surface area (Å²) in [4.78, 5) is 29.0. The molecule has 34 heavy (non-hydrogen) atoms. The van der Waals surface area contributed by atoms with Crippen molar-refractivity contribution in [1.29, 1.82) is 0 Å². The van der Waals surface area contributed by atoms with Gasteiger partial charge in [0.05, 0.1) is 25.0 Å². The van der Waals surface area contributed by atoms with Crippen molar-refractivity contribution in [3.63, 3.8) is 0 Å². The molecule has 1 aromatic heterocycles. The van der Waals surface area contributed by atoms with Crippen molar-refractivity contribution in [2.45, 2.75) is 45.3 Å². The van der Waals surface area contributed by atoms with Crippen molar-refractivity contribution in [2.24, 2.45) is 5.92 Å². The number of hydrogen-bond donors (Lipinski definition) is 2. The highest BCUT2D eigenvalue weighted by Crippen LogP contribution is 2.36. The number of carboxylic acids is 1. The summed E-state index contributed by atoms with van der Waals surface area (Å²) in [6.07, 6.45) is -2.68. The summed E-state index contributed by atoms with van der Waals surface area (Å²) in [6.45, 7) is 3.06. The topological polar surface area (TPSA) is 91.8 Å². The van der Waals surface area contributed by atoms with Gasteiger partial charge in [-0.1, -0.05) is 6.07 Å². The van der Waals surface area contributed by atoms with E-state index in [0.29, 0.717) is 36.4 Å². The maximum absolute atomic E-state index is 13.2. The number of carbonyl (C=O) groups excluding carboxylic acids is 1. The van der Waals surface area contributed by atoms with Crippen molar-refractivity contribution >= 4 is 17.7 Å². The molecule has 0 spiro atoms. The first-order chi connectivity index (χ1) is 16.0. The van der Waals surface area contributed by atoms with Crippen LogP contribution in [0.1, 0.15) is 42.5 Å². The van der Waals surface area contributed by atoms with Gasteiger partial charge in [-0.25, -0.2) is 4.98 Å². The molecular weight excluding hydrogens is 451 g/mol. The SMILES string of the molecule is Cc1ccnc(NCCCOc2ccc3c(c2)[C@H](C)N(CC(F)(F)F)C(=O)C(CC(=O)O)C3)c1. The van der Waals surface area contributed by atoms with Crippen molar-refractivity contribution in [3.05, 3.63) is 53.2 Å². The van der Waals surface area contributed by atoms with Crippen LogP contribution in [-0.4, -0.2) is 52.7 Å². The lowest BCUT2D eigenvalue weighted by Crippen LogP contribution is -2.43. The number of carbonyl (C=O) groups is 2. The van der Waals surface area contributed by atoms with Crippen LogP contribution in [0.4, 0.5) is 19.0 Å². The third-order valence-electron chi connectivity index (χ3n) is 5.72. The number of halogens is 3. The second-order valence-corrected chi connectivity index (χ2v) is 8.46. The van der Waals surface area contributed by atoms with E-state index in [0.717, 1.165) is 16.3 Å². The highest BCUT2D eigenvalue weighted by atomic mass is 19.4. The van der Waals surface area contributed by atoms with Crippen LogP contribution < -0.4 is 10.1 Å². The number of anilines is 1. The number of hydrogen-bond acceptors (Lipinski definition) is 5. The summed E-state index contributed by atoms with van der Waals surface area (Å²) >= 11 is 0. The number of alkyl halides is 3. The molecule has 3 rings (SSSR count). The Hall–Kier alpha value is -3.30. The van der Waals surface area contributed by atoms with Crippen LogP contribution in [0.15, 0.2) is 36.5 Å². The molecule has 184 valence electrons. The first kappa shape index (κ1) is 25.3. The average Bonchev–Trinajstić information content (AvgIpc) is 2.83. The summed E-state index contributed by atoms with van der Waals surface area (Å²) < 4.78 is 45.4. The van der Waals surface area contributed by atoms with Crippen LogP contribution in [-0.2, 0) is 16.0 Å². The fraction of sp³-hybridized carbons (Fsp3) is 0.458. The van der Waals surface area contributed by atoms with Gasteiger partial charge in [0.25, 0.3) is 0 Å². The van der Waals surface area contributed by atoms with Crippen LogP contribution in [0.25, 0.3) is 0 Å². The molecule has 1 aromatic carbocycles. The zero-order chi connectivity index (χ0) is 24.9. The minimum absolute atomic E-state index is 0.0624. The van der Waals surface area contributed by atoms with Gasteiger partial charge in [0.2, 0.25) is 5.91 Å². The molecule has 1 aliphatic heterocycles. The summed E-state index contributed by atoms with van der Waals surface area (Å²) in [6, 6.07) is 8.01. The molecule has 0 saturated carbocycles. The zero-order valence-electron chi connectivity index (χ0n) is 19.1. The van der Waals surface area contributed by atoms with Gasteiger partial charge >= 0.3 is 12.1 Å². The highest BCUT2D eigenvalue weighted by molar-refractivity contribution is 5.84. The number of fused-ring (bicyclic) bond motifs is 1. The van der Waals surface area contributed by atoms with Crippen LogP contribution >= 0.6 is 0 Å². The Bertz CT molecular complexity index is 1030. The van der Waals surface area contributed by atoms with Gasteiger partial charge in [-0.3, -0.25) is 9.59 Å². The summed E-state index contributed by atoms with van der Waals surface area (Å²) in [5, 5.41) is 12.4. The molecule has 1 unspecified atom stereocenters. The molecule has 2 N–H and O–H groups in total. The second kappa shape index (κ2) is 10.8. The Balaban J connectivity index is 1.69. The molecule has 1 amide bonds. The molecule has 0 fully saturated rings. The first-order valence-electron chi connectivity index (χ1n) is 11.0. The maximum Gasteiger partial charge on any atom is 0.406 e. The number of nitrogens with zero attached hydrogens (tertiary/aromatic N) is 2. The number of aromatic nitrogens is 1. The predicted molar refractivity (Wildman–Crippen MR) is 120 cm³/mol. The average molecular weight is 479 g/mol. The Morgan fingerprint density at radius 3 is 2.74 bits per heavy atom. The first-order valence-corrected chi connectivity index (χ1v) is 11.0. The number of carboxylic acid groups (broad SMARTS) is 1. The Morgan fingerprint density at radius 1 is 1.29 bits per heavy atom. The van der Waals surface area contributed by atoms with Gasteiger partial charge in [-0.05, 0) is 67.6 Å². The number of rotatable bonds is 9. The monoisotopic (exact) mass is 479 g/mol. The van der Waals surface area contributed by atoms with E-state index in [1.54, 1.807) is 24.4 Å². The Morgan fingerprint density at radius 2 is 2.06 bits per heavy atom. The molecule has 0 bridgehead atoms. The normalized spacial score (nSPS) is 18.3. The largest absolute Gasteiger partial charge is 0.494 e. The van der Waals surface area contributed by atoms with Gasteiger partial charge in [0, 0.05) is 12.7 Å². The number of nitrogens with one attached hydrogen (secondary N) is 1. The molecule has 7 nitrogen and oxygen atoms in total. The number of aliphatic carboxylic acids is 1. The zero-order valence-corrected chi connectivity index (χ0v) is 19.1. The van der Waals surface area contributed by atoms with Gasteiger partial charge in [-0.2, -0.15) is 13.2 Å². The van der Waals surface area contributed by atoms with Gasteiger partial charge < -0.3 is 20.1 Å². The van der Waals surface area contributed by atoms with E-state index in [9.17, 15) is 22.8 Å².